The molecule has 0 saturated heterocycles. The van der Waals surface area contributed by atoms with Crippen LogP contribution in [0.3, 0.4) is 0 Å². The smallest absolute Gasteiger partial charge is 0.233 e. The minimum Gasteiger partial charge on any atom is -0.382 e. The predicted octanol–water partition coefficient (Wildman–Crippen LogP) is 0.0278. The zero-order valence-electron chi connectivity index (χ0n) is 12.4. The van der Waals surface area contributed by atoms with Crippen LogP contribution in [0.15, 0.2) is 0 Å². The Hall–Kier alpha value is -0.690. The Labute approximate surface area is 116 Å². The monoisotopic (exact) mass is 276 g/mol. The van der Waals surface area contributed by atoms with E-state index in [1.807, 2.05) is 0 Å². The van der Waals surface area contributed by atoms with Crippen LogP contribution in [-0.2, 0) is 19.0 Å². The lowest BCUT2D eigenvalue weighted by Gasteiger charge is -2.09. The zero-order chi connectivity index (χ0) is 14.3. The summed E-state index contributed by atoms with van der Waals surface area (Å²) < 4.78 is 15.4. The molecule has 0 spiro atoms. The molecule has 0 fully saturated rings. The van der Waals surface area contributed by atoms with E-state index in [0.29, 0.717) is 52.0 Å². The summed E-state index contributed by atoms with van der Waals surface area (Å²) in [4.78, 5) is 11.3. The molecule has 0 aromatic carbocycles. The lowest BCUT2D eigenvalue weighted by Crippen LogP contribution is -2.36. The van der Waals surface area contributed by atoms with Crippen molar-refractivity contribution in [1.29, 1.82) is 0 Å². The van der Waals surface area contributed by atoms with Crippen LogP contribution in [0, 0.1) is 5.92 Å². The summed E-state index contributed by atoms with van der Waals surface area (Å²) in [5, 5.41) is 5.86. The molecular formula is C13H28N2O4. The molecule has 0 heterocycles. The van der Waals surface area contributed by atoms with E-state index in [1.165, 1.54) is 0 Å². The van der Waals surface area contributed by atoms with Crippen molar-refractivity contribution in [2.45, 2.75) is 13.8 Å². The van der Waals surface area contributed by atoms with Crippen molar-refractivity contribution in [3.63, 3.8) is 0 Å². The number of ether oxygens (including phenoxy) is 3. The van der Waals surface area contributed by atoms with E-state index in [4.69, 9.17) is 14.2 Å². The highest BCUT2D eigenvalue weighted by atomic mass is 16.5. The first-order valence-electron chi connectivity index (χ1n) is 6.78. The van der Waals surface area contributed by atoms with Crippen molar-refractivity contribution < 1.29 is 19.0 Å². The summed E-state index contributed by atoms with van der Waals surface area (Å²) in [7, 11) is 1.64. The van der Waals surface area contributed by atoms with Crippen LogP contribution in [0.4, 0.5) is 0 Å². The highest BCUT2D eigenvalue weighted by Crippen LogP contribution is 1.86. The van der Waals surface area contributed by atoms with Gasteiger partial charge in [0.05, 0.1) is 39.6 Å². The number of carbonyl (C=O) groups is 1. The number of hydrogen-bond acceptors (Lipinski definition) is 5. The van der Waals surface area contributed by atoms with Gasteiger partial charge >= 0.3 is 0 Å². The van der Waals surface area contributed by atoms with Crippen LogP contribution in [0.2, 0.25) is 0 Å². The molecule has 0 aliphatic carbocycles. The summed E-state index contributed by atoms with van der Waals surface area (Å²) in [5.74, 6) is 0.502. The maximum Gasteiger partial charge on any atom is 0.233 e. The summed E-state index contributed by atoms with van der Waals surface area (Å²) in [6.45, 7) is 8.74. The maximum atomic E-state index is 11.3. The average molecular weight is 276 g/mol. The highest BCUT2D eigenvalue weighted by molar-refractivity contribution is 5.77. The van der Waals surface area contributed by atoms with Gasteiger partial charge in [-0.25, -0.2) is 0 Å². The summed E-state index contributed by atoms with van der Waals surface area (Å²) in [6.07, 6.45) is 0. The molecule has 2 N–H and O–H groups in total. The third-order valence-corrected chi connectivity index (χ3v) is 2.22. The lowest BCUT2D eigenvalue weighted by molar-refractivity contribution is -0.120. The van der Waals surface area contributed by atoms with Crippen LogP contribution in [-0.4, -0.2) is 65.7 Å². The summed E-state index contributed by atoms with van der Waals surface area (Å²) >= 11 is 0. The number of hydrogen-bond donors (Lipinski definition) is 2. The molecule has 6 nitrogen and oxygen atoms in total. The quantitative estimate of drug-likeness (QED) is 0.464. The number of methoxy groups -OCH3 is 1. The van der Waals surface area contributed by atoms with Crippen LogP contribution >= 0.6 is 0 Å². The van der Waals surface area contributed by atoms with Gasteiger partial charge < -0.3 is 24.8 Å². The molecular weight excluding hydrogens is 248 g/mol. The van der Waals surface area contributed by atoms with Gasteiger partial charge in [0.2, 0.25) is 5.91 Å². The molecule has 6 heteroatoms. The second-order valence-corrected chi connectivity index (χ2v) is 4.59. The zero-order valence-corrected chi connectivity index (χ0v) is 12.4. The van der Waals surface area contributed by atoms with Crippen LogP contribution in [0.25, 0.3) is 0 Å². The maximum absolute atomic E-state index is 11.3. The van der Waals surface area contributed by atoms with Gasteiger partial charge in [-0.1, -0.05) is 13.8 Å². The second kappa shape index (κ2) is 13.7. The number of carbonyl (C=O) groups excluding carboxylic acids is 1. The molecule has 0 aromatic rings. The molecule has 0 aliphatic heterocycles. The second-order valence-electron chi connectivity index (χ2n) is 4.59. The molecule has 0 aromatic heterocycles. The van der Waals surface area contributed by atoms with Crippen molar-refractivity contribution in [3.8, 4) is 0 Å². The Kier molecular flexibility index (Phi) is 13.2. The van der Waals surface area contributed by atoms with E-state index in [-0.39, 0.29) is 5.91 Å². The molecule has 0 bridgehead atoms. The van der Waals surface area contributed by atoms with Crippen LogP contribution in [0.1, 0.15) is 13.8 Å². The Balaban J connectivity index is 3.11. The average Bonchev–Trinajstić information content (AvgIpc) is 2.38. The third-order valence-electron chi connectivity index (χ3n) is 2.22. The molecule has 0 radical (unpaired) electrons. The molecule has 0 unspecified atom stereocenters. The molecule has 0 saturated carbocycles. The van der Waals surface area contributed by atoms with Crippen molar-refractivity contribution in [2.24, 2.45) is 5.92 Å². The number of rotatable bonds is 13. The third kappa shape index (κ3) is 15.3. The number of nitrogens with one attached hydrogen (secondary N) is 2. The van der Waals surface area contributed by atoms with Gasteiger partial charge in [-0.05, 0) is 5.92 Å². The van der Waals surface area contributed by atoms with Crippen LogP contribution < -0.4 is 10.6 Å². The van der Waals surface area contributed by atoms with Crippen molar-refractivity contribution >= 4 is 5.91 Å². The fourth-order valence-corrected chi connectivity index (χ4v) is 1.19. The molecule has 0 aliphatic rings. The van der Waals surface area contributed by atoms with Gasteiger partial charge in [0.25, 0.3) is 0 Å². The fraction of sp³-hybridized carbons (Fsp3) is 0.923. The topological polar surface area (TPSA) is 68.8 Å². The molecule has 0 atom stereocenters. The van der Waals surface area contributed by atoms with Crippen molar-refractivity contribution in [1.82, 2.24) is 10.6 Å². The molecule has 114 valence electrons. The van der Waals surface area contributed by atoms with Gasteiger partial charge in [0, 0.05) is 20.2 Å². The normalized spacial score (nSPS) is 10.9. The van der Waals surface area contributed by atoms with Gasteiger partial charge in [-0.3, -0.25) is 4.79 Å². The minimum absolute atomic E-state index is 0.0246. The Bertz CT molecular complexity index is 213. The van der Waals surface area contributed by atoms with E-state index in [9.17, 15) is 4.79 Å². The van der Waals surface area contributed by atoms with E-state index in [2.05, 4.69) is 24.5 Å². The van der Waals surface area contributed by atoms with Gasteiger partial charge in [0.15, 0.2) is 0 Å². The van der Waals surface area contributed by atoms with E-state index < -0.39 is 0 Å². The molecule has 0 rings (SSSR count). The first-order chi connectivity index (χ1) is 9.16. The van der Waals surface area contributed by atoms with Crippen LogP contribution in [0.5, 0.6) is 0 Å². The SMILES string of the molecule is COCCOCCOCCNCC(=O)NCC(C)C. The lowest BCUT2D eigenvalue weighted by atomic mass is 10.2. The molecule has 19 heavy (non-hydrogen) atoms. The Morgan fingerprint density at radius 3 is 2.32 bits per heavy atom. The van der Waals surface area contributed by atoms with Crippen molar-refractivity contribution in [2.75, 3.05) is 59.8 Å². The Morgan fingerprint density at radius 1 is 1.05 bits per heavy atom. The van der Waals surface area contributed by atoms with E-state index in [1.54, 1.807) is 7.11 Å². The molecule has 1 amide bonds. The fourth-order valence-electron chi connectivity index (χ4n) is 1.19. The van der Waals surface area contributed by atoms with Gasteiger partial charge in [-0.15, -0.1) is 0 Å². The largest absolute Gasteiger partial charge is 0.382 e. The van der Waals surface area contributed by atoms with Gasteiger partial charge in [-0.2, -0.15) is 0 Å². The van der Waals surface area contributed by atoms with E-state index >= 15 is 0 Å². The van der Waals surface area contributed by atoms with Crippen molar-refractivity contribution in [3.05, 3.63) is 0 Å². The first-order valence-corrected chi connectivity index (χ1v) is 6.78. The number of amides is 1. The minimum atomic E-state index is 0.0246. The highest BCUT2D eigenvalue weighted by Gasteiger charge is 2.00. The summed E-state index contributed by atoms with van der Waals surface area (Å²) in [5.41, 5.74) is 0. The van der Waals surface area contributed by atoms with E-state index in [0.717, 1.165) is 6.54 Å². The standard InChI is InChI=1S/C13H28N2O4/c1-12(2)10-15-13(16)11-14-4-5-18-8-9-19-7-6-17-3/h12,14H,4-11H2,1-3H3,(H,15,16). The van der Waals surface area contributed by atoms with Gasteiger partial charge in [0.1, 0.15) is 0 Å². The predicted molar refractivity (Wildman–Crippen MR) is 74.2 cm³/mol. The summed E-state index contributed by atoms with van der Waals surface area (Å²) in [6, 6.07) is 0. The Morgan fingerprint density at radius 2 is 1.68 bits per heavy atom. The first kappa shape index (κ1) is 18.3.